The zero-order chi connectivity index (χ0) is 20.5. The summed E-state index contributed by atoms with van der Waals surface area (Å²) in [6.07, 6.45) is 1.58. The maximum absolute atomic E-state index is 12.1. The van der Waals surface area contributed by atoms with E-state index < -0.39 is 0 Å². The topological polar surface area (TPSA) is 81.7 Å². The second kappa shape index (κ2) is 9.98. The van der Waals surface area contributed by atoms with Crippen molar-refractivity contribution in [1.29, 1.82) is 0 Å². The van der Waals surface area contributed by atoms with Crippen LogP contribution in [0, 0.1) is 0 Å². The number of nitrogens with zero attached hydrogens (tertiary/aromatic N) is 1. The lowest BCUT2D eigenvalue weighted by molar-refractivity contribution is -0.118. The number of methoxy groups -OCH3 is 1. The molecule has 7 nitrogen and oxygen atoms in total. The van der Waals surface area contributed by atoms with Crippen molar-refractivity contribution in [3.8, 4) is 17.2 Å². The van der Waals surface area contributed by atoms with E-state index >= 15 is 0 Å². The van der Waals surface area contributed by atoms with Crippen LogP contribution in [0.3, 0.4) is 0 Å². The highest BCUT2D eigenvalue weighted by Crippen LogP contribution is 2.25. The number of pyridine rings is 1. The maximum atomic E-state index is 12.1. The van der Waals surface area contributed by atoms with Crippen molar-refractivity contribution < 1.29 is 19.0 Å². The summed E-state index contributed by atoms with van der Waals surface area (Å²) in [7, 11) is 1.55. The summed E-state index contributed by atoms with van der Waals surface area (Å²) in [6, 6.07) is 18.3. The molecule has 1 amide bonds. The molecule has 0 fully saturated rings. The summed E-state index contributed by atoms with van der Waals surface area (Å²) >= 11 is 0. The van der Waals surface area contributed by atoms with Gasteiger partial charge in [0, 0.05) is 5.69 Å². The Labute approximate surface area is 169 Å². The van der Waals surface area contributed by atoms with E-state index in [1.54, 1.807) is 37.6 Å². The first kappa shape index (κ1) is 20.0. The van der Waals surface area contributed by atoms with Crippen LogP contribution in [0.2, 0.25) is 0 Å². The zero-order valence-corrected chi connectivity index (χ0v) is 16.3. The SMILES string of the molecule is CCOc1ccc(Nc2ccc(NC(=O)COc3ccccc3OC)cn2)cc1. The highest BCUT2D eigenvalue weighted by Gasteiger charge is 2.08. The van der Waals surface area contributed by atoms with Crippen LogP contribution in [0.25, 0.3) is 0 Å². The second-order valence-corrected chi connectivity index (χ2v) is 6.00. The van der Waals surface area contributed by atoms with Gasteiger partial charge in [0.05, 0.1) is 25.6 Å². The third-order valence-electron chi connectivity index (χ3n) is 3.91. The van der Waals surface area contributed by atoms with Crippen LogP contribution in [-0.2, 0) is 4.79 Å². The summed E-state index contributed by atoms with van der Waals surface area (Å²) in [5.41, 5.74) is 1.47. The van der Waals surface area contributed by atoms with Crippen LogP contribution < -0.4 is 24.8 Å². The molecule has 0 saturated heterocycles. The smallest absolute Gasteiger partial charge is 0.262 e. The van der Waals surface area contributed by atoms with Gasteiger partial charge in [-0.2, -0.15) is 0 Å². The Morgan fingerprint density at radius 1 is 0.931 bits per heavy atom. The van der Waals surface area contributed by atoms with Crippen LogP contribution in [0.4, 0.5) is 17.2 Å². The first-order chi connectivity index (χ1) is 14.2. The molecule has 1 heterocycles. The molecule has 0 saturated carbocycles. The van der Waals surface area contributed by atoms with Gasteiger partial charge in [0.25, 0.3) is 5.91 Å². The Bertz CT molecular complexity index is 928. The molecule has 0 unspecified atom stereocenters. The molecule has 0 spiro atoms. The lowest BCUT2D eigenvalue weighted by Gasteiger charge is -2.11. The van der Waals surface area contributed by atoms with Crippen molar-refractivity contribution in [2.75, 3.05) is 31.0 Å². The molecule has 0 bridgehead atoms. The van der Waals surface area contributed by atoms with Crippen LogP contribution in [0.15, 0.2) is 66.9 Å². The highest BCUT2D eigenvalue weighted by atomic mass is 16.5. The van der Waals surface area contributed by atoms with Crippen molar-refractivity contribution in [2.45, 2.75) is 6.92 Å². The van der Waals surface area contributed by atoms with Crippen molar-refractivity contribution in [3.05, 3.63) is 66.9 Å². The lowest BCUT2D eigenvalue weighted by Crippen LogP contribution is -2.20. The molecule has 29 heavy (non-hydrogen) atoms. The second-order valence-electron chi connectivity index (χ2n) is 6.00. The fourth-order valence-electron chi connectivity index (χ4n) is 2.57. The van der Waals surface area contributed by atoms with Gasteiger partial charge in [-0.05, 0) is 55.5 Å². The number of rotatable bonds is 9. The molecule has 7 heteroatoms. The molecule has 1 aromatic heterocycles. The Morgan fingerprint density at radius 3 is 2.31 bits per heavy atom. The molecule has 3 aromatic rings. The van der Waals surface area contributed by atoms with Gasteiger partial charge in [-0.1, -0.05) is 12.1 Å². The molecule has 2 aromatic carbocycles. The molecule has 0 aliphatic rings. The van der Waals surface area contributed by atoms with Gasteiger partial charge in [0.15, 0.2) is 18.1 Å². The third kappa shape index (κ3) is 5.87. The Morgan fingerprint density at radius 2 is 1.66 bits per heavy atom. The average molecular weight is 393 g/mol. The van der Waals surface area contributed by atoms with Crippen molar-refractivity contribution in [3.63, 3.8) is 0 Å². The Kier molecular flexibility index (Phi) is 6.89. The van der Waals surface area contributed by atoms with E-state index in [2.05, 4.69) is 15.6 Å². The van der Waals surface area contributed by atoms with Gasteiger partial charge in [0.2, 0.25) is 0 Å². The lowest BCUT2D eigenvalue weighted by atomic mass is 10.3. The first-order valence-corrected chi connectivity index (χ1v) is 9.19. The van der Waals surface area contributed by atoms with Gasteiger partial charge < -0.3 is 24.8 Å². The highest BCUT2D eigenvalue weighted by molar-refractivity contribution is 5.91. The average Bonchev–Trinajstić information content (AvgIpc) is 2.75. The van der Waals surface area contributed by atoms with Crippen LogP contribution >= 0.6 is 0 Å². The van der Waals surface area contributed by atoms with E-state index in [9.17, 15) is 4.79 Å². The van der Waals surface area contributed by atoms with Gasteiger partial charge in [0.1, 0.15) is 11.6 Å². The zero-order valence-electron chi connectivity index (χ0n) is 16.3. The number of hydrogen-bond donors (Lipinski definition) is 2. The number of ether oxygens (including phenoxy) is 3. The van der Waals surface area contributed by atoms with Crippen molar-refractivity contribution >= 4 is 23.1 Å². The summed E-state index contributed by atoms with van der Waals surface area (Å²) in [5.74, 6) is 2.28. The van der Waals surface area contributed by atoms with Crippen molar-refractivity contribution in [1.82, 2.24) is 4.98 Å². The number of carbonyl (C=O) groups is 1. The Balaban J connectivity index is 1.51. The molecule has 3 rings (SSSR count). The predicted molar refractivity (Wildman–Crippen MR) is 112 cm³/mol. The number of nitrogens with one attached hydrogen (secondary N) is 2. The van der Waals surface area contributed by atoms with Gasteiger partial charge in [-0.15, -0.1) is 0 Å². The van der Waals surface area contributed by atoms with Crippen LogP contribution in [0.1, 0.15) is 6.92 Å². The fourth-order valence-corrected chi connectivity index (χ4v) is 2.57. The maximum Gasteiger partial charge on any atom is 0.262 e. The Hall–Kier alpha value is -3.74. The fraction of sp³-hybridized carbons (Fsp3) is 0.182. The minimum Gasteiger partial charge on any atom is -0.494 e. The predicted octanol–water partition coefficient (Wildman–Crippen LogP) is 4.25. The molecule has 0 radical (unpaired) electrons. The minimum atomic E-state index is -0.287. The first-order valence-electron chi connectivity index (χ1n) is 9.19. The number of amides is 1. The van der Waals surface area contributed by atoms with E-state index in [1.807, 2.05) is 43.3 Å². The summed E-state index contributed by atoms with van der Waals surface area (Å²) < 4.78 is 16.1. The van der Waals surface area contributed by atoms with Crippen LogP contribution in [0.5, 0.6) is 17.2 Å². The minimum absolute atomic E-state index is 0.132. The van der Waals surface area contributed by atoms with Gasteiger partial charge >= 0.3 is 0 Å². The molecular weight excluding hydrogens is 370 g/mol. The number of carbonyl (C=O) groups excluding carboxylic acids is 1. The quantitative estimate of drug-likeness (QED) is 0.566. The van der Waals surface area contributed by atoms with Crippen LogP contribution in [-0.4, -0.2) is 31.2 Å². The van der Waals surface area contributed by atoms with Crippen molar-refractivity contribution in [2.24, 2.45) is 0 Å². The molecule has 150 valence electrons. The number of para-hydroxylation sites is 2. The summed E-state index contributed by atoms with van der Waals surface area (Å²) in [5, 5.41) is 5.95. The van der Waals surface area contributed by atoms with E-state index in [4.69, 9.17) is 14.2 Å². The van der Waals surface area contributed by atoms with E-state index in [1.165, 1.54) is 0 Å². The summed E-state index contributed by atoms with van der Waals surface area (Å²) in [6.45, 7) is 2.44. The van der Waals surface area contributed by atoms with E-state index in [0.29, 0.717) is 29.6 Å². The third-order valence-corrected chi connectivity index (χ3v) is 3.91. The number of benzene rings is 2. The summed E-state index contributed by atoms with van der Waals surface area (Å²) in [4.78, 5) is 16.4. The molecule has 0 atom stereocenters. The normalized spacial score (nSPS) is 10.1. The number of hydrogen-bond acceptors (Lipinski definition) is 6. The van der Waals surface area contributed by atoms with E-state index in [0.717, 1.165) is 11.4 Å². The monoisotopic (exact) mass is 393 g/mol. The van der Waals surface area contributed by atoms with Gasteiger partial charge in [-0.3, -0.25) is 4.79 Å². The molecule has 0 aliphatic heterocycles. The largest absolute Gasteiger partial charge is 0.494 e. The molecule has 2 N–H and O–H groups in total. The standard InChI is InChI=1S/C22H23N3O4/c1-3-28-18-11-8-16(9-12-18)24-21-13-10-17(14-23-21)25-22(26)15-29-20-7-5-4-6-19(20)27-2/h4-14H,3,15H2,1-2H3,(H,23,24)(H,25,26). The van der Waals surface area contributed by atoms with E-state index in [-0.39, 0.29) is 12.5 Å². The number of aromatic nitrogens is 1. The number of anilines is 3. The molecular formula is C22H23N3O4. The van der Waals surface area contributed by atoms with Gasteiger partial charge in [-0.25, -0.2) is 4.98 Å². The molecule has 0 aliphatic carbocycles.